The highest BCUT2D eigenvalue weighted by molar-refractivity contribution is 6.11. The van der Waals surface area contributed by atoms with Crippen LogP contribution in [0.5, 0.6) is 0 Å². The van der Waals surface area contributed by atoms with Crippen LogP contribution in [0.1, 0.15) is 27.0 Å². The van der Waals surface area contributed by atoms with Gasteiger partial charge in [-0.1, -0.05) is 18.2 Å². The summed E-state index contributed by atoms with van der Waals surface area (Å²) in [6, 6.07) is 9.38. The molecule has 0 saturated carbocycles. The van der Waals surface area contributed by atoms with Crippen molar-refractivity contribution in [3.8, 4) is 0 Å². The molecule has 2 nitrogen and oxygen atoms in total. The monoisotopic (exact) mass is 243 g/mol. The molecule has 0 unspecified atom stereocenters. The van der Waals surface area contributed by atoms with E-state index in [1.54, 1.807) is 38.1 Å². The number of rotatable bonds is 2. The molecule has 0 aliphatic rings. The zero-order valence-corrected chi connectivity index (χ0v) is 10.3. The van der Waals surface area contributed by atoms with Crippen LogP contribution in [0.4, 0.5) is 10.1 Å². The van der Waals surface area contributed by atoms with E-state index in [0.717, 1.165) is 11.1 Å². The predicted octanol–water partition coefficient (Wildman–Crippen LogP) is 3.26. The van der Waals surface area contributed by atoms with E-state index in [9.17, 15) is 9.18 Å². The van der Waals surface area contributed by atoms with E-state index in [2.05, 4.69) is 0 Å². The molecule has 0 spiro atoms. The average Bonchev–Trinajstić information content (AvgIpc) is 2.35. The van der Waals surface area contributed by atoms with E-state index in [-0.39, 0.29) is 5.78 Å². The van der Waals surface area contributed by atoms with Crippen molar-refractivity contribution in [1.29, 1.82) is 0 Å². The average molecular weight is 243 g/mol. The van der Waals surface area contributed by atoms with Gasteiger partial charge in [0, 0.05) is 16.8 Å². The Morgan fingerprint density at radius 3 is 2.56 bits per heavy atom. The van der Waals surface area contributed by atoms with Crippen molar-refractivity contribution in [2.45, 2.75) is 13.8 Å². The third-order valence-corrected chi connectivity index (χ3v) is 3.06. The number of halogens is 1. The first-order valence-corrected chi connectivity index (χ1v) is 5.66. The van der Waals surface area contributed by atoms with Crippen LogP contribution in [0.2, 0.25) is 0 Å². The van der Waals surface area contributed by atoms with Gasteiger partial charge in [0.15, 0.2) is 5.78 Å². The maximum Gasteiger partial charge on any atom is 0.193 e. The van der Waals surface area contributed by atoms with Crippen LogP contribution in [-0.2, 0) is 0 Å². The van der Waals surface area contributed by atoms with Crippen LogP contribution in [0, 0.1) is 19.7 Å². The number of carbonyl (C=O) groups is 1. The molecule has 2 rings (SSSR count). The molecule has 0 radical (unpaired) electrons. The van der Waals surface area contributed by atoms with E-state index in [1.807, 2.05) is 0 Å². The molecule has 92 valence electrons. The van der Waals surface area contributed by atoms with Gasteiger partial charge in [-0.05, 0) is 43.2 Å². The Bertz CT molecular complexity index is 616. The lowest BCUT2D eigenvalue weighted by Crippen LogP contribution is -2.07. The van der Waals surface area contributed by atoms with Crippen LogP contribution in [-0.4, -0.2) is 5.78 Å². The molecule has 0 aliphatic carbocycles. The molecule has 2 aromatic rings. The van der Waals surface area contributed by atoms with Crippen LogP contribution in [0.3, 0.4) is 0 Å². The molecule has 2 aromatic carbocycles. The van der Waals surface area contributed by atoms with Gasteiger partial charge in [0.1, 0.15) is 5.82 Å². The molecule has 0 aliphatic heterocycles. The van der Waals surface area contributed by atoms with Crippen molar-refractivity contribution >= 4 is 11.5 Å². The maximum atomic E-state index is 13.2. The lowest BCUT2D eigenvalue weighted by atomic mass is 9.95. The van der Waals surface area contributed by atoms with Gasteiger partial charge in [-0.15, -0.1) is 0 Å². The standard InChI is InChI=1S/C15H14FNO/c1-9-6-7-11(16)8-13(9)15(18)12-4-3-5-14(17)10(12)2/h3-8H,17H2,1-2H3. The number of aryl methyl sites for hydroxylation is 1. The number of hydrogen-bond donors (Lipinski definition) is 1. The minimum Gasteiger partial charge on any atom is -0.398 e. The first-order valence-electron chi connectivity index (χ1n) is 5.66. The summed E-state index contributed by atoms with van der Waals surface area (Å²) in [7, 11) is 0. The summed E-state index contributed by atoms with van der Waals surface area (Å²) >= 11 is 0. The molecule has 0 bridgehead atoms. The molecule has 0 fully saturated rings. The fraction of sp³-hybridized carbons (Fsp3) is 0.133. The summed E-state index contributed by atoms with van der Waals surface area (Å²) in [5, 5.41) is 0. The second-order valence-electron chi connectivity index (χ2n) is 4.31. The second kappa shape index (κ2) is 4.61. The third-order valence-electron chi connectivity index (χ3n) is 3.06. The number of carbonyl (C=O) groups excluding carboxylic acids is 1. The number of benzene rings is 2. The van der Waals surface area contributed by atoms with Crippen LogP contribution in [0.25, 0.3) is 0 Å². The van der Waals surface area contributed by atoms with Gasteiger partial charge < -0.3 is 5.73 Å². The Kier molecular flexibility index (Phi) is 3.15. The van der Waals surface area contributed by atoms with Gasteiger partial charge in [-0.25, -0.2) is 4.39 Å². The lowest BCUT2D eigenvalue weighted by Gasteiger charge is -2.09. The van der Waals surface area contributed by atoms with E-state index in [4.69, 9.17) is 5.73 Å². The zero-order valence-electron chi connectivity index (χ0n) is 10.3. The molecule has 3 heteroatoms. The van der Waals surface area contributed by atoms with Crippen molar-refractivity contribution in [3.63, 3.8) is 0 Å². The summed E-state index contributed by atoms with van der Waals surface area (Å²) in [5.74, 6) is -0.609. The highest BCUT2D eigenvalue weighted by Gasteiger charge is 2.15. The minimum atomic E-state index is -0.412. The number of anilines is 1. The number of ketones is 1. The van der Waals surface area contributed by atoms with Gasteiger partial charge >= 0.3 is 0 Å². The first-order chi connectivity index (χ1) is 8.50. The molecular formula is C15H14FNO. The van der Waals surface area contributed by atoms with Crippen LogP contribution >= 0.6 is 0 Å². The topological polar surface area (TPSA) is 43.1 Å². The van der Waals surface area contributed by atoms with E-state index >= 15 is 0 Å². The summed E-state index contributed by atoms with van der Waals surface area (Å²) in [4.78, 5) is 12.4. The highest BCUT2D eigenvalue weighted by atomic mass is 19.1. The van der Waals surface area contributed by atoms with Gasteiger partial charge in [-0.2, -0.15) is 0 Å². The summed E-state index contributed by atoms with van der Waals surface area (Å²) in [6.45, 7) is 3.57. The molecule has 0 amide bonds. The number of nitrogen functional groups attached to an aromatic ring is 1. The molecule has 0 heterocycles. The summed E-state index contributed by atoms with van der Waals surface area (Å²) in [6.07, 6.45) is 0. The van der Waals surface area contributed by atoms with Crippen molar-refractivity contribution in [1.82, 2.24) is 0 Å². The second-order valence-corrected chi connectivity index (χ2v) is 4.31. The smallest absolute Gasteiger partial charge is 0.193 e. The highest BCUT2D eigenvalue weighted by Crippen LogP contribution is 2.21. The van der Waals surface area contributed by atoms with Crippen molar-refractivity contribution in [2.75, 3.05) is 5.73 Å². The fourth-order valence-corrected chi connectivity index (χ4v) is 1.88. The van der Waals surface area contributed by atoms with Crippen molar-refractivity contribution in [3.05, 3.63) is 64.5 Å². The normalized spacial score (nSPS) is 10.4. The van der Waals surface area contributed by atoms with E-state index in [0.29, 0.717) is 16.8 Å². The number of nitrogens with two attached hydrogens (primary N) is 1. The predicted molar refractivity (Wildman–Crippen MR) is 70.2 cm³/mol. The first kappa shape index (κ1) is 12.3. The summed E-state index contributed by atoms with van der Waals surface area (Å²) in [5.41, 5.74) is 8.72. The van der Waals surface area contributed by atoms with Crippen molar-refractivity contribution < 1.29 is 9.18 Å². The maximum absolute atomic E-state index is 13.2. The SMILES string of the molecule is Cc1ccc(F)cc1C(=O)c1cccc(N)c1C. The Hall–Kier alpha value is -2.16. The van der Waals surface area contributed by atoms with E-state index < -0.39 is 5.82 Å². The Labute approximate surface area is 105 Å². The molecule has 0 saturated heterocycles. The minimum absolute atomic E-state index is 0.197. The Morgan fingerprint density at radius 1 is 1.11 bits per heavy atom. The Balaban J connectivity index is 2.55. The van der Waals surface area contributed by atoms with Gasteiger partial charge in [0.25, 0.3) is 0 Å². The molecule has 2 N–H and O–H groups in total. The van der Waals surface area contributed by atoms with Gasteiger partial charge in [-0.3, -0.25) is 4.79 Å². The Morgan fingerprint density at radius 2 is 1.83 bits per heavy atom. The fourth-order valence-electron chi connectivity index (χ4n) is 1.88. The van der Waals surface area contributed by atoms with Crippen LogP contribution < -0.4 is 5.73 Å². The lowest BCUT2D eigenvalue weighted by molar-refractivity contribution is 0.103. The van der Waals surface area contributed by atoms with Crippen LogP contribution in [0.15, 0.2) is 36.4 Å². The molecule has 0 aromatic heterocycles. The zero-order chi connectivity index (χ0) is 13.3. The van der Waals surface area contributed by atoms with Gasteiger partial charge in [0.05, 0.1) is 0 Å². The molecule has 0 atom stereocenters. The quantitative estimate of drug-likeness (QED) is 0.650. The van der Waals surface area contributed by atoms with Gasteiger partial charge in [0.2, 0.25) is 0 Å². The van der Waals surface area contributed by atoms with E-state index in [1.165, 1.54) is 12.1 Å². The number of hydrogen-bond acceptors (Lipinski definition) is 2. The third kappa shape index (κ3) is 2.12. The van der Waals surface area contributed by atoms with Crippen molar-refractivity contribution in [2.24, 2.45) is 0 Å². The largest absolute Gasteiger partial charge is 0.398 e. The summed E-state index contributed by atoms with van der Waals surface area (Å²) < 4.78 is 13.2. The molecular weight excluding hydrogens is 229 g/mol. The molecule has 18 heavy (non-hydrogen) atoms.